The molecule has 1 fully saturated rings. The van der Waals surface area contributed by atoms with Crippen molar-refractivity contribution in [2.24, 2.45) is 0 Å². The highest BCUT2D eigenvalue weighted by Crippen LogP contribution is 2.36. The molecule has 0 saturated heterocycles. The minimum atomic E-state index is -1.07. The number of H-pyrrole nitrogens is 1. The van der Waals surface area contributed by atoms with Gasteiger partial charge >= 0.3 is 0 Å². The number of para-hydroxylation sites is 2. The average molecular weight is 459 g/mol. The van der Waals surface area contributed by atoms with Crippen LogP contribution < -0.4 is 14.9 Å². The van der Waals surface area contributed by atoms with Crippen molar-refractivity contribution in [2.45, 2.75) is 25.0 Å². The number of benzene rings is 1. The van der Waals surface area contributed by atoms with Crippen molar-refractivity contribution in [3.63, 3.8) is 0 Å². The van der Waals surface area contributed by atoms with Crippen LogP contribution in [0.1, 0.15) is 24.4 Å². The van der Waals surface area contributed by atoms with Gasteiger partial charge in [-0.3, -0.25) is 4.31 Å². The van der Waals surface area contributed by atoms with E-state index in [1.54, 1.807) is 18.2 Å². The molecule has 3 N–H and O–H groups in total. The second-order valence-electron chi connectivity index (χ2n) is 7.84. The highest BCUT2D eigenvalue weighted by atomic mass is 32.2. The lowest BCUT2D eigenvalue weighted by molar-refractivity contribution is 0.681. The quantitative estimate of drug-likeness (QED) is 0.378. The molecule has 9 nitrogen and oxygen atoms in total. The molecule has 0 spiro atoms. The van der Waals surface area contributed by atoms with E-state index in [-0.39, 0.29) is 5.25 Å². The molecule has 4 aromatic rings. The van der Waals surface area contributed by atoms with E-state index in [0.29, 0.717) is 23.0 Å². The standard InChI is InChI=1S/C23H22N8OS/c1-14-25-22-18(28-17-7-3-4-8-19(17)31(2)33(32)16-10-11-16)12-21(30-23(22)26-14)29-20-9-5-6-15(13-24)27-20/h3-9,12,16H,10-11H2,1-2H3,(H3,25,26,27,28,29,30). The van der Waals surface area contributed by atoms with Crippen molar-refractivity contribution in [3.8, 4) is 6.07 Å². The summed E-state index contributed by atoms with van der Waals surface area (Å²) in [6.45, 7) is 1.87. The summed E-state index contributed by atoms with van der Waals surface area (Å²) in [5, 5.41) is 16.0. The van der Waals surface area contributed by atoms with Crippen molar-refractivity contribution in [1.82, 2.24) is 19.9 Å². The van der Waals surface area contributed by atoms with Crippen molar-refractivity contribution in [2.75, 3.05) is 22.0 Å². The number of pyridine rings is 2. The highest BCUT2D eigenvalue weighted by molar-refractivity contribution is 7.87. The number of aromatic amines is 1. The molecule has 1 unspecified atom stereocenters. The maximum absolute atomic E-state index is 12.8. The largest absolute Gasteiger partial charge is 0.352 e. The molecule has 1 saturated carbocycles. The van der Waals surface area contributed by atoms with Crippen LogP contribution in [0.5, 0.6) is 0 Å². The molecule has 0 aliphatic heterocycles. The summed E-state index contributed by atoms with van der Waals surface area (Å²) < 4.78 is 14.6. The zero-order valence-electron chi connectivity index (χ0n) is 18.2. The summed E-state index contributed by atoms with van der Waals surface area (Å²) in [6.07, 6.45) is 2.00. The molecule has 3 aromatic heterocycles. The van der Waals surface area contributed by atoms with Crippen LogP contribution in [0.15, 0.2) is 48.5 Å². The first-order chi connectivity index (χ1) is 16.0. The number of anilines is 5. The molecular formula is C23H22N8OS. The lowest BCUT2D eigenvalue weighted by Crippen LogP contribution is -2.24. The molecule has 1 aliphatic rings. The Morgan fingerprint density at radius 2 is 1.88 bits per heavy atom. The maximum atomic E-state index is 12.8. The summed E-state index contributed by atoms with van der Waals surface area (Å²) in [6, 6.07) is 16.9. The van der Waals surface area contributed by atoms with Crippen LogP contribution in [0.3, 0.4) is 0 Å². The van der Waals surface area contributed by atoms with Gasteiger partial charge in [-0.2, -0.15) is 5.26 Å². The van der Waals surface area contributed by atoms with Crippen LogP contribution in [0.4, 0.5) is 28.7 Å². The second-order valence-corrected chi connectivity index (χ2v) is 9.60. The van der Waals surface area contributed by atoms with Gasteiger partial charge in [0.05, 0.1) is 22.3 Å². The number of rotatable bonds is 7. The van der Waals surface area contributed by atoms with Gasteiger partial charge in [0.2, 0.25) is 0 Å². The fourth-order valence-electron chi connectivity index (χ4n) is 3.55. The zero-order chi connectivity index (χ0) is 22.9. The minimum Gasteiger partial charge on any atom is -0.352 e. The van der Waals surface area contributed by atoms with E-state index in [9.17, 15) is 4.21 Å². The third-order valence-corrected chi connectivity index (χ3v) is 7.07. The Hall–Kier alpha value is -3.97. The third kappa shape index (κ3) is 4.36. The van der Waals surface area contributed by atoms with Gasteiger partial charge in [-0.05, 0) is 44.0 Å². The van der Waals surface area contributed by atoms with Crippen LogP contribution in [0, 0.1) is 18.3 Å². The monoisotopic (exact) mass is 458 g/mol. The summed E-state index contributed by atoms with van der Waals surface area (Å²) in [7, 11) is 0.791. The van der Waals surface area contributed by atoms with Crippen LogP contribution >= 0.6 is 0 Å². The van der Waals surface area contributed by atoms with E-state index in [1.165, 1.54) is 0 Å². The Balaban J connectivity index is 1.52. The second kappa shape index (κ2) is 8.52. The predicted molar refractivity (Wildman–Crippen MR) is 130 cm³/mol. The van der Waals surface area contributed by atoms with Gasteiger partial charge in [-0.15, -0.1) is 0 Å². The van der Waals surface area contributed by atoms with E-state index in [4.69, 9.17) is 5.26 Å². The van der Waals surface area contributed by atoms with Gasteiger partial charge in [0.1, 0.15) is 45.7 Å². The zero-order valence-corrected chi connectivity index (χ0v) is 19.0. The number of aromatic nitrogens is 4. The summed E-state index contributed by atoms with van der Waals surface area (Å²) >= 11 is 0. The third-order valence-electron chi connectivity index (χ3n) is 5.29. The van der Waals surface area contributed by atoms with E-state index in [2.05, 4.69) is 30.6 Å². The first kappa shape index (κ1) is 20.9. The lowest BCUT2D eigenvalue weighted by Gasteiger charge is -2.22. The molecule has 33 heavy (non-hydrogen) atoms. The fraction of sp³-hybridized carbons (Fsp3) is 0.217. The van der Waals surface area contributed by atoms with Crippen LogP contribution in [-0.4, -0.2) is 36.4 Å². The molecule has 1 atom stereocenters. The van der Waals surface area contributed by atoms with Gasteiger partial charge in [0, 0.05) is 13.1 Å². The Kier molecular flexibility index (Phi) is 5.40. The summed E-state index contributed by atoms with van der Waals surface area (Å²) in [4.78, 5) is 16.6. The number of nitrogens with zero attached hydrogens (tertiary/aromatic N) is 5. The normalized spacial score (nSPS) is 14.0. The van der Waals surface area contributed by atoms with Gasteiger partial charge in [-0.1, -0.05) is 18.2 Å². The van der Waals surface area contributed by atoms with Crippen molar-refractivity contribution in [3.05, 3.63) is 60.0 Å². The van der Waals surface area contributed by atoms with E-state index >= 15 is 0 Å². The summed E-state index contributed by atoms with van der Waals surface area (Å²) in [5.74, 6) is 1.79. The molecule has 0 radical (unpaired) electrons. The highest BCUT2D eigenvalue weighted by Gasteiger charge is 2.32. The molecule has 5 rings (SSSR count). The Morgan fingerprint density at radius 3 is 2.67 bits per heavy atom. The number of fused-ring (bicyclic) bond motifs is 1. The van der Waals surface area contributed by atoms with Crippen LogP contribution in [0.2, 0.25) is 0 Å². The van der Waals surface area contributed by atoms with Gasteiger partial charge in [0.15, 0.2) is 5.65 Å². The molecule has 1 aromatic carbocycles. The number of imidazole rings is 1. The first-order valence-electron chi connectivity index (χ1n) is 10.5. The molecule has 0 amide bonds. The lowest BCUT2D eigenvalue weighted by atomic mass is 10.2. The Bertz CT molecular complexity index is 1410. The fourth-order valence-corrected chi connectivity index (χ4v) is 4.89. The van der Waals surface area contributed by atoms with Gasteiger partial charge < -0.3 is 15.6 Å². The molecule has 10 heteroatoms. The van der Waals surface area contributed by atoms with Gasteiger partial charge in [-0.25, -0.2) is 19.2 Å². The van der Waals surface area contributed by atoms with E-state index in [1.807, 2.05) is 54.7 Å². The van der Waals surface area contributed by atoms with Crippen molar-refractivity contribution < 1.29 is 4.21 Å². The minimum absolute atomic E-state index is 0.235. The molecule has 0 bridgehead atoms. The molecule has 166 valence electrons. The predicted octanol–water partition coefficient (Wildman–Crippen LogP) is 4.28. The van der Waals surface area contributed by atoms with Crippen LogP contribution in [-0.2, 0) is 11.0 Å². The van der Waals surface area contributed by atoms with Crippen LogP contribution in [0.25, 0.3) is 11.2 Å². The Morgan fingerprint density at radius 1 is 1.06 bits per heavy atom. The van der Waals surface area contributed by atoms with E-state index in [0.717, 1.165) is 41.2 Å². The maximum Gasteiger partial charge on any atom is 0.181 e. The molecule has 1 aliphatic carbocycles. The first-order valence-corrected chi connectivity index (χ1v) is 11.7. The number of nitrogens with one attached hydrogen (secondary N) is 3. The smallest absolute Gasteiger partial charge is 0.181 e. The number of aryl methyl sites for hydroxylation is 1. The topological polar surface area (TPSA) is 123 Å². The van der Waals surface area contributed by atoms with Gasteiger partial charge in [0.25, 0.3) is 0 Å². The SMILES string of the molecule is Cc1nc2nc(Nc3cccc(C#N)n3)cc(Nc3ccccc3N(C)S(=O)C3CC3)c2[nH]1. The summed E-state index contributed by atoms with van der Waals surface area (Å²) in [5.41, 5.74) is 4.06. The molecule has 3 heterocycles. The molecular weight excluding hydrogens is 436 g/mol. The Labute approximate surface area is 193 Å². The van der Waals surface area contributed by atoms with Crippen molar-refractivity contribution in [1.29, 1.82) is 5.26 Å². The number of hydrogen-bond acceptors (Lipinski definition) is 7. The number of nitriles is 1. The average Bonchev–Trinajstić information content (AvgIpc) is 3.60. The van der Waals surface area contributed by atoms with Crippen molar-refractivity contribution >= 4 is 50.8 Å². The van der Waals surface area contributed by atoms with E-state index < -0.39 is 11.0 Å². The number of hydrogen-bond donors (Lipinski definition) is 3.